The Morgan fingerprint density at radius 3 is 2.39 bits per heavy atom. The molecule has 0 aliphatic heterocycles. The first-order valence-corrected chi connectivity index (χ1v) is 8.14. The molecule has 2 rings (SSSR count). The largest absolute Gasteiger partial charge is 0.463 e. The molecule has 1 aliphatic carbocycles. The van der Waals surface area contributed by atoms with Gasteiger partial charge in [0.2, 0.25) is 5.91 Å². The van der Waals surface area contributed by atoms with Crippen molar-refractivity contribution in [1.29, 1.82) is 0 Å². The number of halogens is 1. The van der Waals surface area contributed by atoms with E-state index in [1.54, 1.807) is 6.07 Å². The van der Waals surface area contributed by atoms with Crippen molar-refractivity contribution in [3.05, 3.63) is 29.6 Å². The zero-order valence-electron chi connectivity index (χ0n) is 13.9. The fourth-order valence-corrected chi connectivity index (χ4v) is 3.07. The van der Waals surface area contributed by atoms with Gasteiger partial charge in [0.25, 0.3) is 0 Å². The average molecular weight is 321 g/mol. The van der Waals surface area contributed by atoms with Gasteiger partial charge in [-0.25, -0.2) is 4.39 Å². The number of hydrogen-bond donors (Lipinski definition) is 1. The molecular formula is C18H24FNO3. The smallest absolute Gasteiger partial charge is 0.309 e. The lowest BCUT2D eigenvalue weighted by Gasteiger charge is -2.28. The number of benzene rings is 1. The van der Waals surface area contributed by atoms with E-state index < -0.39 is 5.82 Å². The van der Waals surface area contributed by atoms with E-state index in [0.717, 1.165) is 31.2 Å². The molecule has 1 aromatic rings. The summed E-state index contributed by atoms with van der Waals surface area (Å²) in [5.74, 6) is -0.623. The van der Waals surface area contributed by atoms with Crippen molar-refractivity contribution in [2.45, 2.75) is 58.5 Å². The second-order valence-corrected chi connectivity index (χ2v) is 6.45. The fourth-order valence-electron chi connectivity index (χ4n) is 3.07. The third-order valence-corrected chi connectivity index (χ3v) is 4.19. The van der Waals surface area contributed by atoms with Crippen LogP contribution in [0.5, 0.6) is 0 Å². The minimum atomic E-state index is -0.418. The maximum atomic E-state index is 14.0. The van der Waals surface area contributed by atoms with Gasteiger partial charge in [-0.3, -0.25) is 9.59 Å². The Labute approximate surface area is 136 Å². The number of nitrogens with one attached hydrogen (secondary N) is 1. The molecule has 1 amide bonds. The monoisotopic (exact) mass is 321 g/mol. The maximum absolute atomic E-state index is 14.0. The highest BCUT2D eigenvalue weighted by Crippen LogP contribution is 2.37. The Morgan fingerprint density at radius 1 is 1.22 bits per heavy atom. The van der Waals surface area contributed by atoms with Crippen molar-refractivity contribution in [2.75, 3.05) is 5.32 Å². The highest BCUT2D eigenvalue weighted by molar-refractivity contribution is 5.88. The lowest BCUT2D eigenvalue weighted by atomic mass is 9.78. The lowest BCUT2D eigenvalue weighted by molar-refractivity contribution is -0.153. The summed E-state index contributed by atoms with van der Waals surface area (Å²) < 4.78 is 19.3. The number of rotatable bonds is 4. The summed E-state index contributed by atoms with van der Waals surface area (Å²) in [4.78, 5) is 22.9. The number of esters is 1. The second kappa shape index (κ2) is 7.57. The van der Waals surface area contributed by atoms with E-state index in [1.807, 2.05) is 19.9 Å². The molecule has 126 valence electrons. The Bertz CT molecular complexity index is 578. The number of ether oxygens (including phenoxy) is 1. The van der Waals surface area contributed by atoms with Gasteiger partial charge >= 0.3 is 5.97 Å². The first-order chi connectivity index (χ1) is 10.9. The van der Waals surface area contributed by atoms with Crippen LogP contribution in [0.25, 0.3) is 0 Å². The molecule has 1 aliphatic rings. The molecule has 1 N–H and O–H groups in total. The van der Waals surface area contributed by atoms with Gasteiger partial charge < -0.3 is 10.1 Å². The first-order valence-electron chi connectivity index (χ1n) is 8.14. The topological polar surface area (TPSA) is 55.4 Å². The summed E-state index contributed by atoms with van der Waals surface area (Å²) in [5, 5.41) is 2.47. The summed E-state index contributed by atoms with van der Waals surface area (Å²) in [6, 6.07) is 4.94. The van der Waals surface area contributed by atoms with E-state index in [4.69, 9.17) is 4.74 Å². The van der Waals surface area contributed by atoms with E-state index >= 15 is 0 Å². The van der Waals surface area contributed by atoms with Crippen LogP contribution in [0.1, 0.15) is 57.9 Å². The summed E-state index contributed by atoms with van der Waals surface area (Å²) >= 11 is 0. The minimum absolute atomic E-state index is 0.0443. The Balaban J connectivity index is 1.96. The van der Waals surface area contributed by atoms with Crippen LogP contribution < -0.4 is 5.32 Å². The molecular weight excluding hydrogens is 297 g/mol. The van der Waals surface area contributed by atoms with Crippen LogP contribution in [0.15, 0.2) is 18.2 Å². The summed E-state index contributed by atoms with van der Waals surface area (Å²) in [7, 11) is 0. The van der Waals surface area contributed by atoms with Gasteiger partial charge in [-0.1, -0.05) is 6.07 Å². The quantitative estimate of drug-likeness (QED) is 0.853. The van der Waals surface area contributed by atoms with Crippen LogP contribution in [0, 0.1) is 11.7 Å². The average Bonchev–Trinajstić information content (AvgIpc) is 2.48. The molecule has 0 atom stereocenters. The molecule has 0 heterocycles. The molecule has 0 spiro atoms. The zero-order valence-corrected chi connectivity index (χ0v) is 13.9. The van der Waals surface area contributed by atoms with Gasteiger partial charge in [-0.2, -0.15) is 0 Å². The molecule has 0 aromatic heterocycles. The van der Waals surface area contributed by atoms with E-state index in [-0.39, 0.29) is 35.5 Å². The van der Waals surface area contributed by atoms with Crippen LogP contribution in [-0.2, 0) is 14.3 Å². The Hall–Kier alpha value is -1.91. The normalized spacial score (nSPS) is 21.1. The first kappa shape index (κ1) is 17.4. The van der Waals surface area contributed by atoms with Crippen LogP contribution in [0.4, 0.5) is 10.1 Å². The number of carbonyl (C=O) groups excluding carboxylic acids is 2. The predicted molar refractivity (Wildman–Crippen MR) is 86.6 cm³/mol. The lowest BCUT2D eigenvalue weighted by Crippen LogP contribution is -2.25. The molecule has 1 aromatic carbocycles. The van der Waals surface area contributed by atoms with Crippen molar-refractivity contribution < 1.29 is 18.7 Å². The number of amides is 1. The van der Waals surface area contributed by atoms with Crippen molar-refractivity contribution in [2.24, 2.45) is 5.92 Å². The zero-order chi connectivity index (χ0) is 17.0. The molecule has 0 unspecified atom stereocenters. The van der Waals surface area contributed by atoms with Crippen LogP contribution in [0.2, 0.25) is 0 Å². The predicted octanol–water partition coefficient (Wildman–Crippen LogP) is 4.01. The summed E-state index contributed by atoms with van der Waals surface area (Å²) in [6.07, 6.45) is 3.14. The maximum Gasteiger partial charge on any atom is 0.309 e. The Morgan fingerprint density at radius 2 is 1.87 bits per heavy atom. The molecule has 1 fully saturated rings. The molecule has 0 bridgehead atoms. The van der Waals surface area contributed by atoms with Crippen molar-refractivity contribution in [3.63, 3.8) is 0 Å². The summed E-state index contributed by atoms with van der Waals surface area (Å²) in [6.45, 7) is 5.05. The second-order valence-electron chi connectivity index (χ2n) is 6.45. The van der Waals surface area contributed by atoms with Crippen molar-refractivity contribution in [3.8, 4) is 0 Å². The molecule has 4 nitrogen and oxygen atoms in total. The van der Waals surface area contributed by atoms with E-state index in [2.05, 4.69) is 5.32 Å². The van der Waals surface area contributed by atoms with Gasteiger partial charge in [-0.15, -0.1) is 0 Å². The molecule has 5 heteroatoms. The number of carbonyl (C=O) groups is 2. The van der Waals surface area contributed by atoms with Gasteiger partial charge in [-0.05, 0) is 63.1 Å². The summed E-state index contributed by atoms with van der Waals surface area (Å²) in [5.41, 5.74) is 1.13. The van der Waals surface area contributed by atoms with Crippen LogP contribution in [-0.4, -0.2) is 18.0 Å². The van der Waals surface area contributed by atoms with Crippen LogP contribution >= 0.6 is 0 Å². The van der Waals surface area contributed by atoms with Gasteiger partial charge in [0.1, 0.15) is 5.82 Å². The molecule has 0 radical (unpaired) electrons. The van der Waals surface area contributed by atoms with E-state index in [9.17, 15) is 14.0 Å². The van der Waals surface area contributed by atoms with Crippen molar-refractivity contribution in [1.82, 2.24) is 0 Å². The SMILES string of the molecule is CC(=O)Nc1ccc(C2CCC(C(=O)OC(C)C)CC2)cc1F. The highest BCUT2D eigenvalue weighted by atomic mass is 19.1. The fraction of sp³-hybridized carbons (Fsp3) is 0.556. The third-order valence-electron chi connectivity index (χ3n) is 4.19. The standard InChI is InChI=1S/C18H24FNO3/c1-11(2)23-18(22)14-6-4-13(5-7-14)15-8-9-17(16(19)10-15)20-12(3)21/h8-11,13-14H,4-7H2,1-3H3,(H,20,21). The van der Waals surface area contributed by atoms with Crippen LogP contribution in [0.3, 0.4) is 0 Å². The minimum Gasteiger partial charge on any atom is -0.463 e. The number of hydrogen-bond acceptors (Lipinski definition) is 3. The molecule has 23 heavy (non-hydrogen) atoms. The van der Waals surface area contributed by atoms with Gasteiger partial charge in [0, 0.05) is 6.92 Å². The third kappa shape index (κ3) is 4.78. The van der Waals surface area contributed by atoms with Gasteiger partial charge in [0.15, 0.2) is 0 Å². The highest BCUT2D eigenvalue weighted by Gasteiger charge is 2.28. The number of anilines is 1. The molecule has 0 saturated heterocycles. The van der Waals surface area contributed by atoms with E-state index in [0.29, 0.717) is 0 Å². The van der Waals surface area contributed by atoms with Gasteiger partial charge in [0.05, 0.1) is 17.7 Å². The van der Waals surface area contributed by atoms with E-state index in [1.165, 1.54) is 13.0 Å². The Kier molecular flexibility index (Phi) is 5.74. The molecule has 1 saturated carbocycles. The van der Waals surface area contributed by atoms with Crippen molar-refractivity contribution >= 4 is 17.6 Å².